The standard InChI is InChI=1S/C14H12F3N3O/c1-8-6-9(13(18)19)7-12(20-8)21-11-4-2-10(3-5-11)14(15,16)17/h2-7H,1H3,(H3,18,19). The fraction of sp³-hybridized carbons (Fsp3) is 0.143. The lowest BCUT2D eigenvalue weighted by Crippen LogP contribution is -2.11. The second-order valence-electron chi connectivity index (χ2n) is 4.37. The van der Waals surface area contributed by atoms with Crippen LogP contribution in [0, 0.1) is 12.3 Å². The number of pyridine rings is 1. The lowest BCUT2D eigenvalue weighted by atomic mass is 10.2. The van der Waals surface area contributed by atoms with Crippen molar-refractivity contribution in [1.29, 1.82) is 5.41 Å². The van der Waals surface area contributed by atoms with Crippen molar-refractivity contribution < 1.29 is 17.9 Å². The number of benzene rings is 1. The molecule has 7 heteroatoms. The smallest absolute Gasteiger partial charge is 0.416 e. The van der Waals surface area contributed by atoms with Crippen molar-refractivity contribution in [3.8, 4) is 11.6 Å². The van der Waals surface area contributed by atoms with Gasteiger partial charge in [-0.1, -0.05) is 0 Å². The number of aromatic nitrogens is 1. The summed E-state index contributed by atoms with van der Waals surface area (Å²) in [7, 11) is 0. The number of nitrogens with one attached hydrogen (secondary N) is 1. The molecular weight excluding hydrogens is 283 g/mol. The Hall–Kier alpha value is -2.57. The number of aryl methyl sites for hydroxylation is 1. The average molecular weight is 295 g/mol. The Bertz CT molecular complexity index is 666. The maximum atomic E-state index is 12.5. The Morgan fingerprint density at radius 2 is 1.81 bits per heavy atom. The second kappa shape index (κ2) is 5.43. The maximum Gasteiger partial charge on any atom is 0.416 e. The topological polar surface area (TPSA) is 72.0 Å². The van der Waals surface area contributed by atoms with Gasteiger partial charge < -0.3 is 10.5 Å². The molecule has 0 saturated carbocycles. The Balaban J connectivity index is 2.24. The minimum absolute atomic E-state index is 0.141. The van der Waals surface area contributed by atoms with Crippen LogP contribution in [-0.2, 0) is 6.18 Å². The number of amidine groups is 1. The first-order chi connectivity index (χ1) is 9.75. The van der Waals surface area contributed by atoms with Gasteiger partial charge in [0.05, 0.1) is 5.56 Å². The number of alkyl halides is 3. The van der Waals surface area contributed by atoms with E-state index in [4.69, 9.17) is 15.9 Å². The van der Waals surface area contributed by atoms with Gasteiger partial charge in [-0.3, -0.25) is 5.41 Å². The number of rotatable bonds is 3. The fourth-order valence-corrected chi connectivity index (χ4v) is 1.68. The van der Waals surface area contributed by atoms with Crippen LogP contribution in [0.2, 0.25) is 0 Å². The van der Waals surface area contributed by atoms with Gasteiger partial charge in [0.2, 0.25) is 5.88 Å². The molecule has 0 atom stereocenters. The van der Waals surface area contributed by atoms with E-state index in [0.29, 0.717) is 11.3 Å². The quantitative estimate of drug-likeness (QED) is 0.672. The van der Waals surface area contributed by atoms with Crippen molar-refractivity contribution in [1.82, 2.24) is 4.98 Å². The molecule has 21 heavy (non-hydrogen) atoms. The predicted molar refractivity (Wildman–Crippen MR) is 71.5 cm³/mol. The number of hydrogen-bond acceptors (Lipinski definition) is 3. The van der Waals surface area contributed by atoms with Crippen molar-refractivity contribution in [3.05, 3.63) is 53.2 Å². The number of hydrogen-bond donors (Lipinski definition) is 2. The second-order valence-corrected chi connectivity index (χ2v) is 4.37. The molecule has 2 rings (SSSR count). The van der Waals surface area contributed by atoms with E-state index in [-0.39, 0.29) is 17.5 Å². The van der Waals surface area contributed by atoms with Crippen LogP contribution in [0.15, 0.2) is 36.4 Å². The minimum Gasteiger partial charge on any atom is -0.439 e. The molecule has 0 radical (unpaired) electrons. The van der Waals surface area contributed by atoms with Crippen LogP contribution in [0.3, 0.4) is 0 Å². The van der Waals surface area contributed by atoms with Crippen LogP contribution in [0.4, 0.5) is 13.2 Å². The molecule has 1 heterocycles. The van der Waals surface area contributed by atoms with Gasteiger partial charge in [0, 0.05) is 17.3 Å². The van der Waals surface area contributed by atoms with Crippen molar-refractivity contribution in [3.63, 3.8) is 0 Å². The van der Waals surface area contributed by atoms with Crippen LogP contribution in [0.5, 0.6) is 11.6 Å². The Labute approximate surface area is 118 Å². The highest BCUT2D eigenvalue weighted by Crippen LogP contribution is 2.31. The summed E-state index contributed by atoms with van der Waals surface area (Å²) in [6, 6.07) is 7.34. The van der Waals surface area contributed by atoms with E-state index in [1.54, 1.807) is 13.0 Å². The zero-order valence-corrected chi connectivity index (χ0v) is 11.0. The van der Waals surface area contributed by atoms with E-state index >= 15 is 0 Å². The molecule has 2 aromatic rings. The molecule has 0 aliphatic carbocycles. The van der Waals surface area contributed by atoms with Crippen LogP contribution in [0.25, 0.3) is 0 Å². The fourth-order valence-electron chi connectivity index (χ4n) is 1.68. The zero-order valence-electron chi connectivity index (χ0n) is 11.0. The molecule has 110 valence electrons. The largest absolute Gasteiger partial charge is 0.439 e. The highest BCUT2D eigenvalue weighted by molar-refractivity contribution is 5.95. The van der Waals surface area contributed by atoms with Gasteiger partial charge in [0.1, 0.15) is 11.6 Å². The van der Waals surface area contributed by atoms with Crippen molar-refractivity contribution in [2.75, 3.05) is 0 Å². The number of nitrogen functional groups attached to an aromatic ring is 1. The first-order valence-electron chi connectivity index (χ1n) is 5.94. The van der Waals surface area contributed by atoms with Gasteiger partial charge in [0.15, 0.2) is 0 Å². The van der Waals surface area contributed by atoms with Gasteiger partial charge in [-0.2, -0.15) is 13.2 Å². The number of nitrogens with zero attached hydrogens (tertiary/aromatic N) is 1. The Kier molecular flexibility index (Phi) is 3.84. The Morgan fingerprint density at radius 1 is 1.19 bits per heavy atom. The zero-order chi connectivity index (χ0) is 15.6. The SMILES string of the molecule is Cc1cc(C(=N)N)cc(Oc2ccc(C(F)(F)F)cc2)n1. The van der Waals surface area contributed by atoms with Gasteiger partial charge in [-0.05, 0) is 37.3 Å². The van der Waals surface area contributed by atoms with E-state index in [1.807, 2.05) is 0 Å². The summed E-state index contributed by atoms with van der Waals surface area (Å²) in [6.45, 7) is 1.70. The van der Waals surface area contributed by atoms with Crippen molar-refractivity contribution in [2.45, 2.75) is 13.1 Å². The summed E-state index contributed by atoms with van der Waals surface area (Å²) < 4.78 is 42.7. The molecule has 1 aromatic carbocycles. The van der Waals surface area contributed by atoms with Crippen LogP contribution >= 0.6 is 0 Å². The van der Waals surface area contributed by atoms with Gasteiger partial charge in [-0.25, -0.2) is 4.98 Å². The molecule has 1 aromatic heterocycles. The third kappa shape index (κ3) is 3.71. The monoisotopic (exact) mass is 295 g/mol. The van der Waals surface area contributed by atoms with E-state index in [1.165, 1.54) is 18.2 Å². The molecule has 0 aliphatic rings. The van der Waals surface area contributed by atoms with E-state index in [2.05, 4.69) is 4.98 Å². The average Bonchev–Trinajstić information content (AvgIpc) is 2.37. The molecular formula is C14H12F3N3O. The summed E-state index contributed by atoms with van der Waals surface area (Å²) in [6.07, 6.45) is -4.39. The molecule has 0 fully saturated rings. The van der Waals surface area contributed by atoms with Crippen LogP contribution < -0.4 is 10.5 Å². The van der Waals surface area contributed by atoms with Crippen molar-refractivity contribution >= 4 is 5.84 Å². The lowest BCUT2D eigenvalue weighted by Gasteiger charge is -2.09. The predicted octanol–water partition coefficient (Wildman–Crippen LogP) is 3.49. The minimum atomic E-state index is -4.39. The first-order valence-corrected chi connectivity index (χ1v) is 5.94. The number of ether oxygens (including phenoxy) is 1. The molecule has 0 saturated heterocycles. The highest BCUT2D eigenvalue weighted by atomic mass is 19.4. The molecule has 3 N–H and O–H groups in total. The summed E-state index contributed by atoms with van der Waals surface area (Å²) in [5.74, 6) is 0.244. The highest BCUT2D eigenvalue weighted by Gasteiger charge is 2.30. The normalized spacial score (nSPS) is 11.2. The molecule has 0 bridgehead atoms. The summed E-state index contributed by atoms with van der Waals surface area (Å²) in [5.41, 5.74) is 5.66. The van der Waals surface area contributed by atoms with Crippen LogP contribution in [-0.4, -0.2) is 10.8 Å². The molecule has 0 aliphatic heterocycles. The van der Waals surface area contributed by atoms with E-state index in [0.717, 1.165) is 12.1 Å². The Morgan fingerprint density at radius 3 is 2.33 bits per heavy atom. The molecule has 0 unspecified atom stereocenters. The number of halogens is 3. The van der Waals surface area contributed by atoms with Gasteiger partial charge in [-0.15, -0.1) is 0 Å². The molecule has 0 spiro atoms. The van der Waals surface area contributed by atoms with Gasteiger partial charge >= 0.3 is 6.18 Å². The van der Waals surface area contributed by atoms with Gasteiger partial charge in [0.25, 0.3) is 0 Å². The maximum absolute atomic E-state index is 12.5. The molecule has 0 amide bonds. The first kappa shape index (κ1) is 14.8. The van der Waals surface area contributed by atoms with Crippen LogP contribution in [0.1, 0.15) is 16.8 Å². The molecule has 4 nitrogen and oxygen atoms in total. The number of nitrogens with two attached hydrogens (primary N) is 1. The third-order valence-corrected chi connectivity index (χ3v) is 2.64. The summed E-state index contributed by atoms with van der Waals surface area (Å²) in [5, 5.41) is 7.37. The summed E-state index contributed by atoms with van der Waals surface area (Å²) in [4.78, 5) is 4.09. The lowest BCUT2D eigenvalue weighted by molar-refractivity contribution is -0.137. The van der Waals surface area contributed by atoms with E-state index in [9.17, 15) is 13.2 Å². The van der Waals surface area contributed by atoms with E-state index < -0.39 is 11.7 Å². The third-order valence-electron chi connectivity index (χ3n) is 2.64. The van der Waals surface area contributed by atoms with Crippen molar-refractivity contribution in [2.24, 2.45) is 5.73 Å². The summed E-state index contributed by atoms with van der Waals surface area (Å²) >= 11 is 0.